The number of rotatable bonds is 7. The lowest BCUT2D eigenvalue weighted by atomic mass is 10.1. The summed E-state index contributed by atoms with van der Waals surface area (Å²) in [5.74, 6) is 0.0380. The summed E-state index contributed by atoms with van der Waals surface area (Å²) in [4.78, 5) is 12.0. The van der Waals surface area contributed by atoms with Crippen LogP contribution < -0.4 is 5.32 Å². The van der Waals surface area contributed by atoms with Crippen LogP contribution in [-0.2, 0) is 18.3 Å². The van der Waals surface area contributed by atoms with Crippen molar-refractivity contribution in [2.75, 3.05) is 6.54 Å². The number of carbonyl (C=O) groups excluding carboxylic acids is 1. The van der Waals surface area contributed by atoms with Crippen molar-refractivity contribution in [3.05, 3.63) is 42.2 Å². The minimum atomic E-state index is -0.176. The van der Waals surface area contributed by atoms with Crippen LogP contribution in [-0.4, -0.2) is 32.5 Å². The lowest BCUT2D eigenvalue weighted by Gasteiger charge is -2.11. The third-order valence-corrected chi connectivity index (χ3v) is 4.25. The van der Waals surface area contributed by atoms with Gasteiger partial charge in [-0.05, 0) is 25.3 Å². The fourth-order valence-corrected chi connectivity index (χ4v) is 2.70. The zero-order chi connectivity index (χ0) is 15.1. The molecule has 6 heteroatoms. The van der Waals surface area contributed by atoms with Crippen LogP contribution >= 0.6 is 11.8 Å². The molecule has 0 radical (unpaired) electrons. The van der Waals surface area contributed by atoms with Gasteiger partial charge < -0.3 is 9.88 Å². The summed E-state index contributed by atoms with van der Waals surface area (Å²) >= 11 is 1.42. The molecular weight excluding hydrogens is 284 g/mol. The first-order valence-corrected chi connectivity index (χ1v) is 7.87. The molecule has 1 atom stereocenters. The van der Waals surface area contributed by atoms with Gasteiger partial charge in [-0.1, -0.05) is 42.1 Å². The van der Waals surface area contributed by atoms with E-state index in [0.29, 0.717) is 6.54 Å². The summed E-state index contributed by atoms with van der Waals surface area (Å²) in [5, 5.41) is 11.3. The number of aromatic nitrogens is 3. The standard InChI is InChI=1S/C15H20N4OS/c1-12(21-15-18-17-11-19(15)2)14(20)16-10-6-9-13-7-4-3-5-8-13/h3-5,7-8,11-12H,6,9-10H2,1-2H3,(H,16,20). The van der Waals surface area contributed by atoms with Crippen LogP contribution in [0.15, 0.2) is 41.8 Å². The first-order valence-electron chi connectivity index (χ1n) is 6.99. The number of aryl methyl sites for hydroxylation is 2. The van der Waals surface area contributed by atoms with Gasteiger partial charge >= 0.3 is 0 Å². The minimum Gasteiger partial charge on any atom is -0.355 e. The van der Waals surface area contributed by atoms with E-state index in [9.17, 15) is 4.79 Å². The van der Waals surface area contributed by atoms with Gasteiger partial charge in [0, 0.05) is 13.6 Å². The Morgan fingerprint density at radius 3 is 2.81 bits per heavy atom. The van der Waals surface area contributed by atoms with E-state index in [0.717, 1.165) is 18.0 Å². The van der Waals surface area contributed by atoms with Crippen LogP contribution in [0.3, 0.4) is 0 Å². The molecule has 1 unspecified atom stereocenters. The number of benzene rings is 1. The molecule has 0 spiro atoms. The normalized spacial score (nSPS) is 12.1. The first kappa shape index (κ1) is 15.6. The lowest BCUT2D eigenvalue weighted by molar-refractivity contribution is -0.120. The molecule has 2 rings (SSSR count). The third kappa shape index (κ3) is 4.90. The molecule has 1 heterocycles. The van der Waals surface area contributed by atoms with Gasteiger partial charge in [0.25, 0.3) is 0 Å². The SMILES string of the molecule is CC(Sc1nncn1C)C(=O)NCCCc1ccccc1. The van der Waals surface area contributed by atoms with E-state index in [1.165, 1.54) is 17.3 Å². The Morgan fingerprint density at radius 1 is 1.38 bits per heavy atom. The smallest absolute Gasteiger partial charge is 0.233 e. The van der Waals surface area contributed by atoms with Gasteiger partial charge in [0.2, 0.25) is 5.91 Å². The largest absolute Gasteiger partial charge is 0.355 e. The maximum atomic E-state index is 12.0. The van der Waals surface area contributed by atoms with Gasteiger partial charge in [0.15, 0.2) is 5.16 Å². The number of nitrogens with zero attached hydrogens (tertiary/aromatic N) is 3. The molecule has 0 saturated carbocycles. The van der Waals surface area contributed by atoms with Crippen LogP contribution in [0.1, 0.15) is 18.9 Å². The predicted octanol–water partition coefficient (Wildman–Crippen LogP) is 2.04. The van der Waals surface area contributed by atoms with Gasteiger partial charge in [-0.15, -0.1) is 10.2 Å². The van der Waals surface area contributed by atoms with Crippen LogP contribution in [0.4, 0.5) is 0 Å². The minimum absolute atomic E-state index is 0.0380. The topological polar surface area (TPSA) is 59.8 Å². The fourth-order valence-electron chi connectivity index (χ4n) is 1.88. The Balaban J connectivity index is 1.68. The summed E-state index contributed by atoms with van der Waals surface area (Å²) in [6.07, 6.45) is 3.55. The highest BCUT2D eigenvalue weighted by Crippen LogP contribution is 2.19. The summed E-state index contributed by atoms with van der Waals surface area (Å²) in [7, 11) is 1.87. The first-order chi connectivity index (χ1) is 10.2. The van der Waals surface area contributed by atoms with E-state index < -0.39 is 0 Å². The Bertz CT molecular complexity index is 570. The zero-order valence-electron chi connectivity index (χ0n) is 12.3. The zero-order valence-corrected chi connectivity index (χ0v) is 13.1. The maximum Gasteiger partial charge on any atom is 0.233 e. The van der Waals surface area contributed by atoms with Gasteiger partial charge in [-0.25, -0.2) is 0 Å². The van der Waals surface area contributed by atoms with Gasteiger partial charge in [-0.3, -0.25) is 4.79 Å². The van der Waals surface area contributed by atoms with Crippen LogP contribution in [0.25, 0.3) is 0 Å². The molecule has 1 amide bonds. The summed E-state index contributed by atoms with van der Waals surface area (Å²) in [6.45, 7) is 2.57. The molecule has 2 aromatic rings. The molecule has 0 saturated heterocycles. The predicted molar refractivity (Wildman–Crippen MR) is 84.1 cm³/mol. The van der Waals surface area contributed by atoms with Crippen molar-refractivity contribution in [2.45, 2.75) is 30.2 Å². The average molecular weight is 304 g/mol. The van der Waals surface area contributed by atoms with Crippen molar-refractivity contribution < 1.29 is 4.79 Å². The van der Waals surface area contributed by atoms with Crippen LogP contribution in [0, 0.1) is 0 Å². The molecule has 1 aromatic heterocycles. The molecular formula is C15H20N4OS. The number of hydrogen-bond acceptors (Lipinski definition) is 4. The molecule has 0 aliphatic rings. The second-order valence-corrected chi connectivity index (χ2v) is 6.17. The van der Waals surface area contributed by atoms with E-state index in [1.54, 1.807) is 6.33 Å². The Labute approximate surface area is 129 Å². The number of nitrogens with one attached hydrogen (secondary N) is 1. The second kappa shape index (κ2) is 7.83. The van der Waals surface area contributed by atoms with Crippen molar-refractivity contribution in [3.63, 3.8) is 0 Å². The Kier molecular flexibility index (Phi) is 5.80. The molecule has 0 aliphatic carbocycles. The molecule has 1 N–H and O–H groups in total. The molecule has 0 fully saturated rings. The summed E-state index contributed by atoms with van der Waals surface area (Å²) < 4.78 is 1.81. The highest BCUT2D eigenvalue weighted by atomic mass is 32.2. The monoisotopic (exact) mass is 304 g/mol. The second-order valence-electron chi connectivity index (χ2n) is 4.86. The van der Waals surface area contributed by atoms with Crippen molar-refractivity contribution >= 4 is 17.7 Å². The Hall–Kier alpha value is -1.82. The lowest BCUT2D eigenvalue weighted by Crippen LogP contribution is -2.32. The molecule has 21 heavy (non-hydrogen) atoms. The highest BCUT2D eigenvalue weighted by molar-refractivity contribution is 8.00. The van der Waals surface area contributed by atoms with Crippen molar-refractivity contribution in [2.24, 2.45) is 7.05 Å². The number of hydrogen-bond donors (Lipinski definition) is 1. The van der Waals surface area contributed by atoms with Crippen molar-refractivity contribution in [1.29, 1.82) is 0 Å². The van der Waals surface area contributed by atoms with Gasteiger partial charge in [0.1, 0.15) is 6.33 Å². The van der Waals surface area contributed by atoms with Gasteiger partial charge in [-0.2, -0.15) is 0 Å². The van der Waals surface area contributed by atoms with Crippen LogP contribution in [0.2, 0.25) is 0 Å². The summed E-state index contributed by atoms with van der Waals surface area (Å²) in [6, 6.07) is 10.3. The van der Waals surface area contributed by atoms with E-state index in [1.807, 2.05) is 36.7 Å². The van der Waals surface area contributed by atoms with E-state index >= 15 is 0 Å². The molecule has 5 nitrogen and oxygen atoms in total. The van der Waals surface area contributed by atoms with E-state index in [-0.39, 0.29) is 11.2 Å². The Morgan fingerprint density at radius 2 is 2.14 bits per heavy atom. The third-order valence-electron chi connectivity index (χ3n) is 3.11. The molecule has 1 aromatic carbocycles. The van der Waals surface area contributed by atoms with E-state index in [4.69, 9.17) is 0 Å². The van der Waals surface area contributed by atoms with E-state index in [2.05, 4.69) is 27.6 Å². The number of thioether (sulfide) groups is 1. The maximum absolute atomic E-state index is 12.0. The fraction of sp³-hybridized carbons (Fsp3) is 0.400. The van der Waals surface area contributed by atoms with Crippen molar-refractivity contribution in [1.82, 2.24) is 20.1 Å². The molecule has 0 bridgehead atoms. The number of carbonyl (C=O) groups is 1. The average Bonchev–Trinajstić information content (AvgIpc) is 2.89. The molecule has 0 aliphatic heterocycles. The van der Waals surface area contributed by atoms with Gasteiger partial charge in [0.05, 0.1) is 5.25 Å². The highest BCUT2D eigenvalue weighted by Gasteiger charge is 2.16. The summed E-state index contributed by atoms with van der Waals surface area (Å²) in [5.41, 5.74) is 1.30. The number of amides is 1. The van der Waals surface area contributed by atoms with Crippen molar-refractivity contribution in [3.8, 4) is 0 Å². The quantitative estimate of drug-likeness (QED) is 0.628. The molecule has 112 valence electrons. The van der Waals surface area contributed by atoms with Crippen LogP contribution in [0.5, 0.6) is 0 Å².